The molecule has 0 atom stereocenters. The predicted octanol–water partition coefficient (Wildman–Crippen LogP) is 1.95. The molecule has 0 unspecified atom stereocenters. The third-order valence-corrected chi connectivity index (χ3v) is 4.75. The van der Waals surface area contributed by atoms with Crippen LogP contribution in [0.1, 0.15) is 21.7 Å². The van der Waals surface area contributed by atoms with E-state index in [0.717, 1.165) is 5.56 Å². The Labute approximate surface area is 183 Å². The summed E-state index contributed by atoms with van der Waals surface area (Å²) in [7, 11) is 0. The number of nitrogens with one attached hydrogen (secondary N) is 3. The molecular weight excluding hydrogens is 410 g/mol. The first kappa shape index (κ1) is 20.9. The van der Waals surface area contributed by atoms with Crippen molar-refractivity contribution in [1.82, 2.24) is 20.0 Å². The Kier molecular flexibility index (Phi) is 6.26. The van der Waals surface area contributed by atoms with E-state index in [9.17, 15) is 14.4 Å². The third kappa shape index (κ3) is 4.84. The minimum atomic E-state index is -0.411. The summed E-state index contributed by atoms with van der Waals surface area (Å²) in [6.07, 6.45) is 4.37. The average Bonchev–Trinajstić information content (AvgIpc) is 3.35. The lowest BCUT2D eigenvalue weighted by atomic mass is 10.2. The Morgan fingerprint density at radius 2 is 1.81 bits per heavy atom. The Balaban J connectivity index is 1.42. The number of aromatic nitrogens is 2. The number of carbonyl (C=O) groups excluding carboxylic acids is 2. The second-order valence-corrected chi connectivity index (χ2v) is 6.97. The molecule has 0 spiro atoms. The van der Waals surface area contributed by atoms with Crippen molar-refractivity contribution in [3.8, 4) is 0 Å². The van der Waals surface area contributed by atoms with Crippen molar-refractivity contribution in [2.24, 2.45) is 0 Å². The molecule has 0 aliphatic rings. The lowest BCUT2D eigenvalue weighted by Crippen LogP contribution is -2.31. The van der Waals surface area contributed by atoms with Gasteiger partial charge in [0.25, 0.3) is 11.5 Å². The smallest absolute Gasteiger partial charge is 0.281 e. The molecule has 0 fully saturated rings. The molecule has 0 radical (unpaired) electrons. The van der Waals surface area contributed by atoms with Gasteiger partial charge in [-0.05, 0) is 29.8 Å². The van der Waals surface area contributed by atoms with Crippen molar-refractivity contribution in [3.05, 3.63) is 100 Å². The number of rotatable bonds is 8. The molecule has 4 aromatic rings. The van der Waals surface area contributed by atoms with Crippen molar-refractivity contribution in [2.75, 3.05) is 11.9 Å². The molecule has 0 aliphatic heterocycles. The average molecular weight is 431 g/mol. The zero-order valence-corrected chi connectivity index (χ0v) is 17.1. The first-order valence-electron chi connectivity index (χ1n) is 9.97. The molecule has 0 saturated heterocycles. The molecular formula is C23H21N5O4. The summed E-state index contributed by atoms with van der Waals surface area (Å²) in [4.78, 5) is 41.8. The van der Waals surface area contributed by atoms with E-state index >= 15 is 0 Å². The van der Waals surface area contributed by atoms with Crippen LogP contribution in [0.25, 0.3) is 5.65 Å². The van der Waals surface area contributed by atoms with Gasteiger partial charge < -0.3 is 20.4 Å². The van der Waals surface area contributed by atoms with Crippen LogP contribution in [0.3, 0.4) is 0 Å². The largest absolute Gasteiger partial charge is 0.467 e. The standard InChI is InChI=1S/C23H21N5O4/c29-20(25-12-16-6-2-1-3-7-16)15-24-19-14-26-21-18(9-4-10-28(21)23(19)31)22(30)27-13-17-8-5-11-32-17/h1-11,14,24H,12-13,15H2,(H,25,29)(H,27,30). The van der Waals surface area contributed by atoms with Crippen LogP contribution in [0.15, 0.2) is 82.5 Å². The third-order valence-electron chi connectivity index (χ3n) is 4.75. The molecule has 3 aromatic heterocycles. The quantitative estimate of drug-likeness (QED) is 0.393. The summed E-state index contributed by atoms with van der Waals surface area (Å²) in [6.45, 7) is 0.529. The van der Waals surface area contributed by atoms with Crippen molar-refractivity contribution in [2.45, 2.75) is 13.1 Å². The van der Waals surface area contributed by atoms with E-state index in [-0.39, 0.29) is 41.8 Å². The zero-order valence-electron chi connectivity index (χ0n) is 17.1. The fourth-order valence-corrected chi connectivity index (χ4v) is 3.12. The summed E-state index contributed by atoms with van der Waals surface area (Å²) in [5.41, 5.74) is 1.19. The van der Waals surface area contributed by atoms with Gasteiger partial charge in [0.15, 0.2) is 5.65 Å². The number of benzene rings is 1. The van der Waals surface area contributed by atoms with Gasteiger partial charge in [-0.1, -0.05) is 30.3 Å². The number of carbonyl (C=O) groups is 2. The van der Waals surface area contributed by atoms with Crippen LogP contribution in [0.4, 0.5) is 5.69 Å². The minimum absolute atomic E-state index is 0.0842. The summed E-state index contributed by atoms with van der Waals surface area (Å²) < 4.78 is 6.47. The van der Waals surface area contributed by atoms with Crippen LogP contribution in [-0.4, -0.2) is 27.7 Å². The van der Waals surface area contributed by atoms with E-state index in [0.29, 0.717) is 12.3 Å². The van der Waals surface area contributed by atoms with Gasteiger partial charge in [-0.25, -0.2) is 4.98 Å². The van der Waals surface area contributed by atoms with E-state index in [4.69, 9.17) is 4.42 Å². The maximum absolute atomic E-state index is 12.8. The van der Waals surface area contributed by atoms with Gasteiger partial charge >= 0.3 is 0 Å². The van der Waals surface area contributed by atoms with E-state index in [1.807, 2.05) is 30.3 Å². The van der Waals surface area contributed by atoms with Gasteiger partial charge in [-0.2, -0.15) is 0 Å². The maximum atomic E-state index is 12.8. The number of anilines is 1. The second-order valence-electron chi connectivity index (χ2n) is 6.97. The van der Waals surface area contributed by atoms with Crippen molar-refractivity contribution in [3.63, 3.8) is 0 Å². The molecule has 0 saturated carbocycles. The first-order valence-corrected chi connectivity index (χ1v) is 9.97. The van der Waals surface area contributed by atoms with Crippen LogP contribution < -0.4 is 21.5 Å². The van der Waals surface area contributed by atoms with Gasteiger partial charge in [0.1, 0.15) is 11.4 Å². The van der Waals surface area contributed by atoms with Gasteiger partial charge in [-0.3, -0.25) is 18.8 Å². The SMILES string of the molecule is O=C(CNc1cnc2c(C(=O)NCc3ccco3)cccn2c1=O)NCc1ccccc1. The Morgan fingerprint density at radius 1 is 0.969 bits per heavy atom. The van der Waals surface area contributed by atoms with Crippen molar-refractivity contribution < 1.29 is 14.0 Å². The summed E-state index contributed by atoms with van der Waals surface area (Å²) in [6, 6.07) is 16.2. The second kappa shape index (κ2) is 9.61. The molecule has 3 N–H and O–H groups in total. The highest BCUT2D eigenvalue weighted by Gasteiger charge is 2.14. The number of nitrogens with zero attached hydrogens (tertiary/aromatic N) is 2. The summed E-state index contributed by atoms with van der Waals surface area (Å²) in [5, 5.41) is 8.34. The number of hydrogen-bond acceptors (Lipinski definition) is 6. The molecule has 0 aliphatic carbocycles. The normalized spacial score (nSPS) is 10.6. The highest BCUT2D eigenvalue weighted by Crippen LogP contribution is 2.09. The first-order chi connectivity index (χ1) is 15.6. The van der Waals surface area contributed by atoms with Crippen molar-refractivity contribution >= 4 is 23.1 Å². The van der Waals surface area contributed by atoms with Gasteiger partial charge in [0.05, 0.1) is 31.1 Å². The number of furan rings is 1. The topological polar surface area (TPSA) is 118 Å². The molecule has 4 rings (SSSR count). The van der Waals surface area contributed by atoms with E-state index in [1.54, 1.807) is 24.3 Å². The van der Waals surface area contributed by atoms with Gasteiger partial charge in [0.2, 0.25) is 5.91 Å². The molecule has 3 heterocycles. The van der Waals surface area contributed by atoms with Gasteiger partial charge in [-0.15, -0.1) is 0 Å². The fourth-order valence-electron chi connectivity index (χ4n) is 3.12. The lowest BCUT2D eigenvalue weighted by Gasteiger charge is -2.10. The minimum Gasteiger partial charge on any atom is -0.467 e. The maximum Gasteiger partial charge on any atom is 0.281 e. The monoisotopic (exact) mass is 431 g/mol. The number of hydrogen-bond donors (Lipinski definition) is 3. The van der Waals surface area contributed by atoms with E-state index in [2.05, 4.69) is 20.9 Å². The van der Waals surface area contributed by atoms with Crippen LogP contribution in [0.2, 0.25) is 0 Å². The number of pyridine rings is 1. The van der Waals surface area contributed by atoms with Crippen LogP contribution in [0, 0.1) is 0 Å². The molecule has 32 heavy (non-hydrogen) atoms. The van der Waals surface area contributed by atoms with Crippen molar-refractivity contribution in [1.29, 1.82) is 0 Å². The Hall–Kier alpha value is -4.40. The zero-order chi connectivity index (χ0) is 22.3. The highest BCUT2D eigenvalue weighted by molar-refractivity contribution is 5.99. The number of amides is 2. The van der Waals surface area contributed by atoms with Crippen LogP contribution >= 0.6 is 0 Å². The van der Waals surface area contributed by atoms with E-state index in [1.165, 1.54) is 23.1 Å². The molecule has 162 valence electrons. The molecule has 1 aromatic carbocycles. The summed E-state index contributed by atoms with van der Waals surface area (Å²) in [5.74, 6) is -0.0301. The Bertz CT molecular complexity index is 1280. The van der Waals surface area contributed by atoms with Gasteiger partial charge in [0, 0.05) is 12.7 Å². The molecule has 9 heteroatoms. The number of fused-ring (bicyclic) bond motifs is 1. The van der Waals surface area contributed by atoms with Crippen LogP contribution in [0.5, 0.6) is 0 Å². The summed E-state index contributed by atoms with van der Waals surface area (Å²) >= 11 is 0. The molecule has 9 nitrogen and oxygen atoms in total. The predicted molar refractivity (Wildman–Crippen MR) is 118 cm³/mol. The fraction of sp³-hybridized carbons (Fsp3) is 0.130. The molecule has 0 bridgehead atoms. The molecule has 2 amide bonds. The Morgan fingerprint density at radius 3 is 2.59 bits per heavy atom. The van der Waals surface area contributed by atoms with Crippen LogP contribution in [-0.2, 0) is 17.9 Å². The lowest BCUT2D eigenvalue weighted by molar-refractivity contribution is -0.119. The highest BCUT2D eigenvalue weighted by atomic mass is 16.3. The van der Waals surface area contributed by atoms with E-state index < -0.39 is 5.56 Å².